The molecule has 0 saturated carbocycles. The third-order valence-corrected chi connectivity index (χ3v) is 3.19. The minimum absolute atomic E-state index is 0.179. The van der Waals surface area contributed by atoms with Gasteiger partial charge in [-0.15, -0.1) is 0 Å². The van der Waals surface area contributed by atoms with Gasteiger partial charge in [0.1, 0.15) is 24.3 Å². The molecule has 2 heterocycles. The Bertz CT molecular complexity index is 648. The molecule has 6 nitrogen and oxygen atoms in total. The fraction of sp³-hybridized carbons (Fsp3) is 0.312. The lowest BCUT2D eigenvalue weighted by molar-refractivity contribution is 0.117. The molecule has 0 saturated heterocycles. The van der Waals surface area contributed by atoms with Crippen molar-refractivity contribution >= 4 is 5.82 Å². The Morgan fingerprint density at radius 1 is 1.27 bits per heavy atom. The topological polar surface area (TPSA) is 72.8 Å². The maximum absolute atomic E-state index is 9.96. The van der Waals surface area contributed by atoms with Crippen molar-refractivity contribution in [2.75, 3.05) is 25.3 Å². The number of aliphatic hydroxyl groups is 1. The molecule has 1 aliphatic heterocycles. The summed E-state index contributed by atoms with van der Waals surface area (Å²) in [6, 6.07) is 11.0. The van der Waals surface area contributed by atoms with E-state index in [4.69, 9.17) is 14.2 Å². The molecule has 1 aromatic carbocycles. The van der Waals surface area contributed by atoms with Crippen molar-refractivity contribution in [3.63, 3.8) is 0 Å². The third-order valence-electron chi connectivity index (χ3n) is 3.19. The van der Waals surface area contributed by atoms with Crippen LogP contribution in [0, 0.1) is 6.92 Å². The molecule has 0 spiro atoms. The Morgan fingerprint density at radius 2 is 2.14 bits per heavy atom. The second kappa shape index (κ2) is 6.53. The molecule has 0 radical (unpaired) electrons. The van der Waals surface area contributed by atoms with E-state index in [2.05, 4.69) is 10.3 Å². The summed E-state index contributed by atoms with van der Waals surface area (Å²) >= 11 is 0. The van der Waals surface area contributed by atoms with Crippen LogP contribution >= 0.6 is 0 Å². The molecule has 0 aliphatic carbocycles. The van der Waals surface area contributed by atoms with Crippen LogP contribution in [0.3, 0.4) is 0 Å². The van der Waals surface area contributed by atoms with Crippen LogP contribution in [0.25, 0.3) is 0 Å². The molecule has 2 N–H and O–H groups in total. The van der Waals surface area contributed by atoms with Crippen molar-refractivity contribution in [2.24, 2.45) is 0 Å². The largest absolute Gasteiger partial charge is 0.491 e. The SMILES string of the molecule is Cc1cccc(NCC(O)COc2ccc3c(c2)OCO3)n1. The van der Waals surface area contributed by atoms with E-state index in [9.17, 15) is 5.11 Å². The molecular weight excluding hydrogens is 284 g/mol. The van der Waals surface area contributed by atoms with Crippen molar-refractivity contribution in [1.29, 1.82) is 0 Å². The highest BCUT2D eigenvalue weighted by Gasteiger charge is 2.14. The molecule has 2 aromatic rings. The number of aryl methyl sites for hydroxylation is 1. The number of hydrogen-bond acceptors (Lipinski definition) is 6. The van der Waals surface area contributed by atoms with Crippen molar-refractivity contribution in [3.05, 3.63) is 42.1 Å². The lowest BCUT2D eigenvalue weighted by Crippen LogP contribution is -2.26. The monoisotopic (exact) mass is 302 g/mol. The highest BCUT2D eigenvalue weighted by molar-refractivity contribution is 5.46. The molecule has 6 heteroatoms. The zero-order valence-electron chi connectivity index (χ0n) is 12.3. The first-order chi connectivity index (χ1) is 10.7. The number of ether oxygens (including phenoxy) is 3. The number of aromatic nitrogens is 1. The Hall–Kier alpha value is -2.47. The Balaban J connectivity index is 1.47. The smallest absolute Gasteiger partial charge is 0.231 e. The molecule has 22 heavy (non-hydrogen) atoms. The molecule has 1 unspecified atom stereocenters. The first-order valence-corrected chi connectivity index (χ1v) is 7.09. The first-order valence-electron chi connectivity index (χ1n) is 7.09. The fourth-order valence-electron chi connectivity index (χ4n) is 2.08. The van der Waals surface area contributed by atoms with Crippen LogP contribution < -0.4 is 19.5 Å². The summed E-state index contributed by atoms with van der Waals surface area (Å²) in [5, 5.41) is 13.0. The molecule has 116 valence electrons. The molecule has 1 aromatic heterocycles. The summed E-state index contributed by atoms with van der Waals surface area (Å²) in [7, 11) is 0. The van der Waals surface area contributed by atoms with Gasteiger partial charge in [0.2, 0.25) is 6.79 Å². The van der Waals surface area contributed by atoms with Gasteiger partial charge < -0.3 is 24.6 Å². The van der Waals surface area contributed by atoms with Crippen molar-refractivity contribution in [3.8, 4) is 17.2 Å². The summed E-state index contributed by atoms with van der Waals surface area (Å²) in [5.74, 6) is 2.74. The van der Waals surface area contributed by atoms with E-state index in [0.29, 0.717) is 23.8 Å². The molecule has 1 aliphatic rings. The zero-order valence-corrected chi connectivity index (χ0v) is 12.3. The summed E-state index contributed by atoms with van der Waals surface area (Å²) < 4.78 is 16.1. The second-order valence-corrected chi connectivity index (χ2v) is 5.03. The Morgan fingerprint density at radius 3 is 3.00 bits per heavy atom. The van der Waals surface area contributed by atoms with Gasteiger partial charge in [0, 0.05) is 18.3 Å². The van der Waals surface area contributed by atoms with Gasteiger partial charge in [-0.1, -0.05) is 6.07 Å². The predicted molar refractivity (Wildman–Crippen MR) is 81.5 cm³/mol. The van der Waals surface area contributed by atoms with Crippen LogP contribution in [-0.2, 0) is 0 Å². The number of benzene rings is 1. The Kier molecular flexibility index (Phi) is 4.29. The van der Waals surface area contributed by atoms with Crippen molar-refractivity contribution < 1.29 is 19.3 Å². The number of hydrogen-bond donors (Lipinski definition) is 2. The zero-order chi connectivity index (χ0) is 15.4. The van der Waals surface area contributed by atoms with Crippen LogP contribution in [0.15, 0.2) is 36.4 Å². The van der Waals surface area contributed by atoms with Crippen LogP contribution in [-0.4, -0.2) is 36.1 Å². The molecule has 0 bridgehead atoms. The van der Waals surface area contributed by atoms with E-state index >= 15 is 0 Å². The lowest BCUT2D eigenvalue weighted by atomic mass is 10.3. The number of rotatable bonds is 6. The average Bonchev–Trinajstić information content (AvgIpc) is 2.98. The van der Waals surface area contributed by atoms with Gasteiger partial charge >= 0.3 is 0 Å². The van der Waals surface area contributed by atoms with Gasteiger partial charge in [-0.2, -0.15) is 0 Å². The summed E-state index contributed by atoms with van der Waals surface area (Å²) in [6.45, 7) is 2.69. The minimum Gasteiger partial charge on any atom is -0.491 e. The van der Waals surface area contributed by atoms with Crippen molar-refractivity contribution in [1.82, 2.24) is 4.98 Å². The molecule has 1 atom stereocenters. The number of nitrogens with one attached hydrogen (secondary N) is 1. The van der Waals surface area contributed by atoms with E-state index in [-0.39, 0.29) is 13.4 Å². The maximum atomic E-state index is 9.96. The maximum Gasteiger partial charge on any atom is 0.231 e. The van der Waals surface area contributed by atoms with E-state index in [0.717, 1.165) is 11.5 Å². The van der Waals surface area contributed by atoms with Crippen molar-refractivity contribution in [2.45, 2.75) is 13.0 Å². The molecule has 3 rings (SSSR count). The lowest BCUT2D eigenvalue weighted by Gasteiger charge is -2.14. The van der Waals surface area contributed by atoms with Gasteiger partial charge in [-0.25, -0.2) is 4.98 Å². The van der Waals surface area contributed by atoms with Crippen LogP contribution in [0.1, 0.15) is 5.69 Å². The summed E-state index contributed by atoms with van der Waals surface area (Å²) in [5.41, 5.74) is 0.927. The predicted octanol–water partition coefficient (Wildman–Crippen LogP) is 1.97. The van der Waals surface area contributed by atoms with E-state index in [1.807, 2.05) is 25.1 Å². The minimum atomic E-state index is -0.646. The fourth-order valence-corrected chi connectivity index (χ4v) is 2.08. The third kappa shape index (κ3) is 3.59. The van der Waals surface area contributed by atoms with Crippen LogP contribution in [0.4, 0.5) is 5.82 Å². The van der Waals surface area contributed by atoms with Gasteiger partial charge in [0.25, 0.3) is 0 Å². The Labute approximate surface area is 128 Å². The average molecular weight is 302 g/mol. The standard InChI is InChI=1S/C16H18N2O4/c1-11-3-2-4-16(18-11)17-8-12(19)9-20-13-5-6-14-15(7-13)22-10-21-14/h2-7,12,19H,8-10H2,1H3,(H,17,18). The molecule has 0 amide bonds. The number of aliphatic hydroxyl groups excluding tert-OH is 1. The summed E-state index contributed by atoms with van der Waals surface area (Å²) in [4.78, 5) is 4.31. The molecular formula is C16H18N2O4. The quantitative estimate of drug-likeness (QED) is 0.850. The van der Waals surface area contributed by atoms with Crippen LogP contribution in [0.5, 0.6) is 17.2 Å². The first kappa shape index (κ1) is 14.5. The normalized spacial score (nSPS) is 13.7. The highest BCUT2D eigenvalue weighted by atomic mass is 16.7. The number of fused-ring (bicyclic) bond motifs is 1. The van der Waals surface area contributed by atoms with Gasteiger partial charge in [-0.3, -0.25) is 0 Å². The summed E-state index contributed by atoms with van der Waals surface area (Å²) in [6.07, 6.45) is -0.646. The van der Waals surface area contributed by atoms with E-state index in [1.54, 1.807) is 18.2 Å². The number of anilines is 1. The highest BCUT2D eigenvalue weighted by Crippen LogP contribution is 2.35. The van der Waals surface area contributed by atoms with Crippen LogP contribution in [0.2, 0.25) is 0 Å². The number of pyridine rings is 1. The van der Waals surface area contributed by atoms with E-state index < -0.39 is 6.10 Å². The molecule has 0 fully saturated rings. The van der Waals surface area contributed by atoms with E-state index in [1.165, 1.54) is 0 Å². The van der Waals surface area contributed by atoms with Gasteiger partial charge in [-0.05, 0) is 31.2 Å². The number of nitrogens with zero attached hydrogens (tertiary/aromatic N) is 1. The van der Waals surface area contributed by atoms with Gasteiger partial charge in [0.15, 0.2) is 11.5 Å². The van der Waals surface area contributed by atoms with Gasteiger partial charge in [0.05, 0.1) is 0 Å². The second-order valence-electron chi connectivity index (χ2n) is 5.03.